The number of carbonyl (C=O) groups excluding carboxylic acids is 2. The monoisotopic (exact) mass is 460 g/mol. The molecular weight excluding hydrogens is 432 g/mol. The van der Waals surface area contributed by atoms with E-state index in [-0.39, 0.29) is 40.1 Å². The second-order valence-corrected chi connectivity index (χ2v) is 11.3. The SMILES string of the molecule is C[C@@H]1Cc2c3c(c(Cl)c(O)c2C(=O)O1)O[C@@]1(C)[C@@H](O)C[C@H]2C(C)(C)C(=O)C=C[C@]2(C)[C@@H]1C3. The summed E-state index contributed by atoms with van der Waals surface area (Å²) >= 11 is 6.50. The number of hydrogen-bond acceptors (Lipinski definition) is 6. The molecule has 7 heteroatoms. The van der Waals surface area contributed by atoms with Crippen LogP contribution < -0.4 is 4.74 Å². The molecule has 4 aliphatic rings. The Morgan fingerprint density at radius 2 is 1.78 bits per heavy atom. The first kappa shape index (κ1) is 21.8. The second kappa shape index (κ2) is 6.51. The van der Waals surface area contributed by atoms with Crippen LogP contribution in [0.2, 0.25) is 5.02 Å². The predicted molar refractivity (Wildman–Crippen MR) is 118 cm³/mol. The number of fused-ring (bicyclic) bond motifs is 6. The number of hydrogen-bond donors (Lipinski definition) is 2. The second-order valence-electron chi connectivity index (χ2n) is 10.9. The van der Waals surface area contributed by atoms with Crippen molar-refractivity contribution >= 4 is 23.4 Å². The molecule has 0 amide bonds. The van der Waals surface area contributed by atoms with Gasteiger partial charge < -0.3 is 19.7 Å². The van der Waals surface area contributed by atoms with E-state index >= 15 is 0 Å². The van der Waals surface area contributed by atoms with Crippen molar-refractivity contribution in [1.29, 1.82) is 0 Å². The molecule has 6 atom stereocenters. The first-order chi connectivity index (χ1) is 14.8. The van der Waals surface area contributed by atoms with Crippen LogP contribution in [0.15, 0.2) is 12.2 Å². The Kier molecular flexibility index (Phi) is 4.43. The average molecular weight is 461 g/mol. The third-order valence-corrected chi connectivity index (χ3v) is 9.08. The van der Waals surface area contributed by atoms with Gasteiger partial charge in [-0.1, -0.05) is 38.4 Å². The topological polar surface area (TPSA) is 93.1 Å². The van der Waals surface area contributed by atoms with Gasteiger partial charge in [-0.2, -0.15) is 0 Å². The third-order valence-electron chi connectivity index (χ3n) is 8.73. The number of phenols is 1. The summed E-state index contributed by atoms with van der Waals surface area (Å²) in [5.74, 6) is -0.769. The van der Waals surface area contributed by atoms with Crippen LogP contribution in [0.5, 0.6) is 11.5 Å². The van der Waals surface area contributed by atoms with Crippen LogP contribution in [0.4, 0.5) is 0 Å². The fraction of sp³-hybridized carbons (Fsp3) is 0.600. The summed E-state index contributed by atoms with van der Waals surface area (Å²) in [6, 6.07) is 0. The number of ether oxygens (including phenoxy) is 2. The molecule has 172 valence electrons. The van der Waals surface area contributed by atoms with Crippen LogP contribution in [0.25, 0.3) is 0 Å². The lowest BCUT2D eigenvalue weighted by atomic mass is 9.45. The smallest absolute Gasteiger partial charge is 0.342 e. The van der Waals surface area contributed by atoms with Crippen LogP contribution >= 0.6 is 11.6 Å². The van der Waals surface area contributed by atoms with Crippen molar-refractivity contribution in [3.63, 3.8) is 0 Å². The van der Waals surface area contributed by atoms with E-state index in [1.807, 2.05) is 33.8 Å². The zero-order valence-electron chi connectivity index (χ0n) is 19.0. The number of halogens is 1. The number of rotatable bonds is 0. The minimum absolute atomic E-state index is 0.0286. The number of esters is 1. The highest BCUT2D eigenvalue weighted by molar-refractivity contribution is 6.34. The molecule has 1 saturated carbocycles. The molecule has 0 radical (unpaired) electrons. The van der Waals surface area contributed by atoms with E-state index in [1.165, 1.54) is 0 Å². The zero-order valence-corrected chi connectivity index (χ0v) is 19.7. The number of phenolic OH excluding ortho intramolecular Hbond substituents is 1. The lowest BCUT2D eigenvalue weighted by Gasteiger charge is -2.62. The van der Waals surface area contributed by atoms with Crippen molar-refractivity contribution in [3.05, 3.63) is 33.9 Å². The molecule has 0 unspecified atom stereocenters. The van der Waals surface area contributed by atoms with E-state index in [2.05, 4.69) is 6.92 Å². The first-order valence-corrected chi connectivity index (χ1v) is 11.6. The fourth-order valence-electron chi connectivity index (χ4n) is 6.85. The van der Waals surface area contributed by atoms with Crippen molar-refractivity contribution in [2.45, 2.75) is 71.7 Å². The molecular formula is C25H29ClO6. The summed E-state index contributed by atoms with van der Waals surface area (Å²) in [6.07, 6.45) is 3.87. The number of benzene rings is 1. The van der Waals surface area contributed by atoms with Crippen molar-refractivity contribution in [2.75, 3.05) is 0 Å². The lowest BCUT2D eigenvalue weighted by Crippen LogP contribution is -2.67. The Bertz CT molecular complexity index is 1090. The Morgan fingerprint density at radius 3 is 2.47 bits per heavy atom. The molecule has 0 bridgehead atoms. The minimum atomic E-state index is -0.968. The van der Waals surface area contributed by atoms with Gasteiger partial charge in [-0.15, -0.1) is 0 Å². The van der Waals surface area contributed by atoms with Crippen molar-refractivity contribution < 1.29 is 29.3 Å². The van der Waals surface area contributed by atoms with E-state index in [9.17, 15) is 19.8 Å². The van der Waals surface area contributed by atoms with Crippen LogP contribution in [0, 0.1) is 22.7 Å². The zero-order chi connectivity index (χ0) is 23.4. The van der Waals surface area contributed by atoms with E-state index in [0.29, 0.717) is 30.6 Å². The summed E-state index contributed by atoms with van der Waals surface area (Å²) in [7, 11) is 0. The highest BCUT2D eigenvalue weighted by Crippen LogP contribution is 2.63. The molecule has 2 aliphatic carbocycles. The maximum Gasteiger partial charge on any atom is 0.342 e. The Hall–Kier alpha value is -2.05. The standard InChI is InChI=1S/C25H29ClO6/c1-11-8-12-13-9-15-24(4)7-6-16(27)23(2,3)14(24)10-17(28)25(15,5)32-21(13)19(26)20(29)18(12)22(30)31-11/h6-7,11,14-15,17,28-29H,8-10H2,1-5H3/t11-,14+,15+,17+,24+,25-/m1/s1. The first-order valence-electron chi connectivity index (χ1n) is 11.2. The van der Waals surface area contributed by atoms with E-state index in [1.54, 1.807) is 6.08 Å². The number of carbonyl (C=O) groups is 2. The van der Waals surface area contributed by atoms with Crippen LogP contribution in [-0.2, 0) is 22.4 Å². The quantitative estimate of drug-likeness (QED) is 0.568. The van der Waals surface area contributed by atoms with Gasteiger partial charge in [0.15, 0.2) is 11.5 Å². The van der Waals surface area contributed by atoms with Gasteiger partial charge in [0.25, 0.3) is 0 Å². The summed E-state index contributed by atoms with van der Waals surface area (Å²) in [4.78, 5) is 25.3. The van der Waals surface area contributed by atoms with Crippen LogP contribution in [-0.4, -0.2) is 39.8 Å². The summed E-state index contributed by atoms with van der Waals surface area (Å²) in [5, 5.41) is 22.0. The third kappa shape index (κ3) is 2.57. The molecule has 2 heterocycles. The maximum absolute atomic E-state index is 12.7. The molecule has 1 fully saturated rings. The Morgan fingerprint density at radius 1 is 1.09 bits per heavy atom. The summed E-state index contributed by atoms with van der Waals surface area (Å²) < 4.78 is 11.8. The Balaban J connectivity index is 1.73. The molecule has 6 nitrogen and oxygen atoms in total. The molecule has 1 aromatic rings. The summed E-state index contributed by atoms with van der Waals surface area (Å²) in [5.41, 5.74) is -0.414. The van der Waals surface area contributed by atoms with Gasteiger partial charge in [0.1, 0.15) is 28.0 Å². The molecule has 32 heavy (non-hydrogen) atoms. The number of cyclic esters (lactones) is 1. The molecule has 0 spiro atoms. The molecule has 5 rings (SSSR count). The van der Waals surface area contributed by atoms with Gasteiger partial charge in [-0.05, 0) is 49.7 Å². The van der Waals surface area contributed by atoms with Gasteiger partial charge in [-0.3, -0.25) is 4.79 Å². The molecule has 2 N–H and O–H groups in total. The molecule has 0 aromatic heterocycles. The van der Waals surface area contributed by atoms with Gasteiger partial charge in [0, 0.05) is 23.3 Å². The highest BCUT2D eigenvalue weighted by atomic mass is 35.5. The van der Waals surface area contributed by atoms with Gasteiger partial charge >= 0.3 is 5.97 Å². The number of ketones is 1. The van der Waals surface area contributed by atoms with Crippen LogP contribution in [0.1, 0.15) is 62.5 Å². The molecule has 0 saturated heterocycles. The maximum atomic E-state index is 12.7. The summed E-state index contributed by atoms with van der Waals surface area (Å²) in [6.45, 7) is 9.73. The van der Waals surface area contributed by atoms with Gasteiger partial charge in [0.2, 0.25) is 0 Å². The largest absolute Gasteiger partial charge is 0.505 e. The Labute approximate surface area is 192 Å². The fourth-order valence-corrected chi connectivity index (χ4v) is 7.10. The number of allylic oxidation sites excluding steroid dienone is 2. The molecule has 2 aliphatic heterocycles. The van der Waals surface area contributed by atoms with Gasteiger partial charge in [-0.25, -0.2) is 4.79 Å². The minimum Gasteiger partial charge on any atom is -0.505 e. The van der Waals surface area contributed by atoms with Crippen LogP contribution in [0.3, 0.4) is 0 Å². The number of aliphatic hydroxyl groups is 1. The van der Waals surface area contributed by atoms with Gasteiger partial charge in [0.05, 0.1) is 6.10 Å². The van der Waals surface area contributed by atoms with E-state index < -0.39 is 28.5 Å². The van der Waals surface area contributed by atoms with Crippen molar-refractivity contribution in [3.8, 4) is 11.5 Å². The predicted octanol–water partition coefficient (Wildman–Crippen LogP) is 4.01. The molecule has 1 aromatic carbocycles. The van der Waals surface area contributed by atoms with Crippen molar-refractivity contribution in [1.82, 2.24) is 0 Å². The number of aliphatic hydroxyl groups excluding tert-OH is 1. The highest BCUT2D eigenvalue weighted by Gasteiger charge is 2.65. The normalized spacial score (nSPS) is 39.2. The lowest BCUT2D eigenvalue weighted by molar-refractivity contribution is -0.190. The van der Waals surface area contributed by atoms with E-state index in [0.717, 1.165) is 5.56 Å². The average Bonchev–Trinajstić information content (AvgIpc) is 2.71. The number of aromatic hydroxyl groups is 1. The van der Waals surface area contributed by atoms with E-state index in [4.69, 9.17) is 21.1 Å². The van der Waals surface area contributed by atoms with Crippen molar-refractivity contribution in [2.24, 2.45) is 22.7 Å².